The summed E-state index contributed by atoms with van der Waals surface area (Å²) in [4.78, 5) is 22.7. The number of amides is 1. The number of hydrogen-bond acceptors (Lipinski definition) is 3. The summed E-state index contributed by atoms with van der Waals surface area (Å²) in [5.41, 5.74) is -0.361. The second-order valence-electron chi connectivity index (χ2n) is 5.87. The molecule has 7 heteroatoms. The zero-order chi connectivity index (χ0) is 16.9. The maximum atomic E-state index is 13.1. The van der Waals surface area contributed by atoms with Crippen molar-refractivity contribution in [3.63, 3.8) is 0 Å². The fraction of sp³-hybridized carbons (Fsp3) is 0.467. The molecule has 0 aromatic heterocycles. The van der Waals surface area contributed by atoms with Gasteiger partial charge in [0, 0.05) is 6.54 Å². The van der Waals surface area contributed by atoms with Gasteiger partial charge in [-0.25, -0.2) is 13.6 Å². The molecule has 122 valence electrons. The number of halogens is 2. The van der Waals surface area contributed by atoms with Crippen LogP contribution in [-0.4, -0.2) is 29.3 Å². The van der Waals surface area contributed by atoms with E-state index in [-0.39, 0.29) is 13.0 Å². The van der Waals surface area contributed by atoms with Crippen LogP contribution in [-0.2, 0) is 16.0 Å². The minimum absolute atomic E-state index is 0.0394. The number of aliphatic carboxylic acids is 1. The number of carbonyl (C=O) groups excluding carboxylic acids is 1. The molecule has 22 heavy (non-hydrogen) atoms. The van der Waals surface area contributed by atoms with Gasteiger partial charge in [0.15, 0.2) is 11.6 Å². The number of ether oxygens (including phenoxy) is 1. The Morgan fingerprint density at radius 3 is 2.41 bits per heavy atom. The van der Waals surface area contributed by atoms with E-state index in [0.717, 1.165) is 12.1 Å². The van der Waals surface area contributed by atoms with Crippen LogP contribution in [0.1, 0.15) is 26.3 Å². The molecule has 0 unspecified atom stereocenters. The Morgan fingerprint density at radius 1 is 1.27 bits per heavy atom. The fourth-order valence-electron chi connectivity index (χ4n) is 1.72. The third-order valence-corrected chi connectivity index (χ3v) is 2.71. The van der Waals surface area contributed by atoms with Crippen molar-refractivity contribution in [3.05, 3.63) is 35.4 Å². The molecule has 0 radical (unpaired) electrons. The number of hydrogen-bond donors (Lipinski definition) is 2. The first-order valence-corrected chi connectivity index (χ1v) is 6.72. The van der Waals surface area contributed by atoms with Gasteiger partial charge in [-0.2, -0.15) is 0 Å². The van der Waals surface area contributed by atoms with Crippen LogP contribution in [0.2, 0.25) is 0 Å². The van der Waals surface area contributed by atoms with Gasteiger partial charge in [-0.1, -0.05) is 6.07 Å². The minimum atomic E-state index is -1.15. The maximum absolute atomic E-state index is 13.1. The second kappa shape index (κ2) is 7.20. The number of carbonyl (C=O) groups is 2. The zero-order valence-electron chi connectivity index (χ0n) is 12.7. The van der Waals surface area contributed by atoms with Gasteiger partial charge in [0.1, 0.15) is 5.60 Å². The van der Waals surface area contributed by atoms with Crippen LogP contribution in [0.5, 0.6) is 0 Å². The molecule has 1 amide bonds. The molecule has 0 aliphatic rings. The largest absolute Gasteiger partial charge is 0.481 e. The monoisotopic (exact) mass is 315 g/mol. The van der Waals surface area contributed by atoms with Gasteiger partial charge >= 0.3 is 12.1 Å². The predicted octanol–water partition coefficient (Wildman–Crippen LogP) is 2.73. The zero-order valence-corrected chi connectivity index (χ0v) is 12.7. The van der Waals surface area contributed by atoms with Crippen molar-refractivity contribution in [2.75, 3.05) is 6.54 Å². The van der Waals surface area contributed by atoms with Crippen LogP contribution in [0.3, 0.4) is 0 Å². The van der Waals surface area contributed by atoms with Crippen molar-refractivity contribution >= 4 is 12.1 Å². The Hall–Kier alpha value is -2.18. The van der Waals surface area contributed by atoms with E-state index in [1.54, 1.807) is 20.8 Å². The van der Waals surface area contributed by atoms with E-state index < -0.39 is 35.2 Å². The average Bonchev–Trinajstić information content (AvgIpc) is 2.36. The first kappa shape index (κ1) is 17.9. The van der Waals surface area contributed by atoms with Crippen molar-refractivity contribution in [1.29, 1.82) is 0 Å². The molecule has 2 N–H and O–H groups in total. The molecule has 0 saturated heterocycles. The Labute approximate surface area is 127 Å². The van der Waals surface area contributed by atoms with Gasteiger partial charge < -0.3 is 15.2 Å². The van der Waals surface area contributed by atoms with Gasteiger partial charge in [-0.15, -0.1) is 0 Å². The fourth-order valence-corrected chi connectivity index (χ4v) is 1.72. The Kier molecular flexibility index (Phi) is 5.84. The number of benzene rings is 1. The third kappa shape index (κ3) is 6.07. The topological polar surface area (TPSA) is 75.6 Å². The molecule has 1 rings (SSSR count). The van der Waals surface area contributed by atoms with E-state index in [2.05, 4.69) is 5.32 Å². The number of carboxylic acids is 1. The SMILES string of the molecule is CC(C)(C)OC(=O)NC[C@@H](Cc1ccc(F)c(F)c1)C(=O)O. The summed E-state index contributed by atoms with van der Waals surface area (Å²) in [7, 11) is 0. The highest BCUT2D eigenvalue weighted by molar-refractivity contribution is 5.73. The van der Waals surface area contributed by atoms with Crippen LogP contribution in [0, 0.1) is 17.6 Å². The standard InChI is InChI=1S/C15H19F2NO4/c1-15(2,3)22-14(21)18-8-10(13(19)20)6-9-4-5-11(16)12(17)7-9/h4-5,7,10H,6,8H2,1-3H3,(H,18,21)(H,19,20)/t10-/m1/s1. The van der Waals surface area contributed by atoms with Crippen molar-refractivity contribution in [3.8, 4) is 0 Å². The van der Waals surface area contributed by atoms with Crippen molar-refractivity contribution in [2.24, 2.45) is 5.92 Å². The van der Waals surface area contributed by atoms with Gasteiger partial charge in [-0.3, -0.25) is 4.79 Å². The minimum Gasteiger partial charge on any atom is -0.481 e. The van der Waals surface area contributed by atoms with Crippen LogP contribution in [0.4, 0.5) is 13.6 Å². The van der Waals surface area contributed by atoms with Crippen molar-refractivity contribution in [2.45, 2.75) is 32.8 Å². The summed E-state index contributed by atoms with van der Waals surface area (Å²) in [6.07, 6.45) is -0.772. The number of nitrogens with one attached hydrogen (secondary N) is 1. The molecule has 0 spiro atoms. The summed E-state index contributed by atoms with van der Waals surface area (Å²) < 4.78 is 31.0. The first-order chi connectivity index (χ1) is 10.1. The molecular formula is C15H19F2NO4. The normalized spacial score (nSPS) is 12.6. The third-order valence-electron chi connectivity index (χ3n) is 2.71. The number of carboxylic acid groups (broad SMARTS) is 1. The van der Waals surface area contributed by atoms with E-state index in [4.69, 9.17) is 9.84 Å². The molecule has 5 nitrogen and oxygen atoms in total. The van der Waals surface area contributed by atoms with Gasteiger partial charge in [0.05, 0.1) is 5.92 Å². The average molecular weight is 315 g/mol. The smallest absolute Gasteiger partial charge is 0.407 e. The summed E-state index contributed by atoms with van der Waals surface area (Å²) in [5.74, 6) is -4.16. The number of rotatable bonds is 5. The van der Waals surface area contributed by atoms with Crippen molar-refractivity contribution in [1.82, 2.24) is 5.32 Å². The molecule has 0 aliphatic heterocycles. The van der Waals surface area contributed by atoms with Crippen LogP contribution < -0.4 is 5.32 Å². The first-order valence-electron chi connectivity index (χ1n) is 6.72. The Balaban J connectivity index is 2.64. The van der Waals surface area contributed by atoms with Crippen LogP contribution in [0.25, 0.3) is 0 Å². The molecule has 0 aliphatic carbocycles. The highest BCUT2D eigenvalue weighted by Crippen LogP contribution is 2.14. The molecular weight excluding hydrogens is 296 g/mol. The van der Waals surface area contributed by atoms with Crippen LogP contribution >= 0.6 is 0 Å². The lowest BCUT2D eigenvalue weighted by Crippen LogP contribution is -2.37. The van der Waals surface area contributed by atoms with Gasteiger partial charge in [0.2, 0.25) is 0 Å². The lowest BCUT2D eigenvalue weighted by Gasteiger charge is -2.21. The van der Waals surface area contributed by atoms with E-state index in [9.17, 15) is 18.4 Å². The molecule has 0 fully saturated rings. The predicted molar refractivity (Wildman–Crippen MR) is 75.4 cm³/mol. The Bertz CT molecular complexity index is 555. The summed E-state index contributed by atoms with van der Waals surface area (Å²) >= 11 is 0. The van der Waals surface area contributed by atoms with Crippen molar-refractivity contribution < 1.29 is 28.2 Å². The molecule has 0 bridgehead atoms. The number of alkyl carbamates (subject to hydrolysis) is 1. The molecule has 1 atom stereocenters. The van der Waals surface area contributed by atoms with E-state index in [1.807, 2.05) is 0 Å². The van der Waals surface area contributed by atoms with Gasteiger partial charge in [0.25, 0.3) is 0 Å². The highest BCUT2D eigenvalue weighted by Gasteiger charge is 2.22. The lowest BCUT2D eigenvalue weighted by atomic mass is 9.99. The molecule has 1 aromatic carbocycles. The Morgan fingerprint density at radius 2 is 1.91 bits per heavy atom. The molecule has 0 saturated carbocycles. The quantitative estimate of drug-likeness (QED) is 0.876. The summed E-state index contributed by atoms with van der Waals surface area (Å²) in [6.45, 7) is 4.87. The van der Waals surface area contributed by atoms with E-state index in [0.29, 0.717) is 5.56 Å². The van der Waals surface area contributed by atoms with Crippen LogP contribution in [0.15, 0.2) is 18.2 Å². The molecule has 0 heterocycles. The highest BCUT2D eigenvalue weighted by atomic mass is 19.2. The molecule has 1 aromatic rings. The second-order valence-corrected chi connectivity index (χ2v) is 5.87. The summed E-state index contributed by atoms with van der Waals surface area (Å²) in [5, 5.41) is 11.5. The van der Waals surface area contributed by atoms with Gasteiger partial charge in [-0.05, 0) is 44.9 Å². The lowest BCUT2D eigenvalue weighted by molar-refractivity contribution is -0.141. The van der Waals surface area contributed by atoms with E-state index in [1.165, 1.54) is 6.07 Å². The maximum Gasteiger partial charge on any atom is 0.407 e. The van der Waals surface area contributed by atoms with E-state index >= 15 is 0 Å². The summed E-state index contributed by atoms with van der Waals surface area (Å²) in [6, 6.07) is 3.19.